The number of hydrogen-bond acceptors (Lipinski definition) is 1. The third kappa shape index (κ3) is 2.20. The SMILES string of the molecule is CN1C(=O)CC[C@]2(C)c3ccc(-c4ccccc4)cc3CC[C@@H]12. The molecule has 0 N–H and O–H groups in total. The highest BCUT2D eigenvalue weighted by molar-refractivity contribution is 5.78. The minimum atomic E-state index is 0.103. The molecule has 23 heavy (non-hydrogen) atoms. The van der Waals surface area contributed by atoms with E-state index in [1.807, 2.05) is 11.9 Å². The van der Waals surface area contributed by atoms with Gasteiger partial charge in [0.25, 0.3) is 0 Å². The molecular weight excluding hydrogens is 282 g/mol. The van der Waals surface area contributed by atoms with E-state index in [-0.39, 0.29) is 5.41 Å². The Balaban J connectivity index is 1.76. The van der Waals surface area contributed by atoms with Gasteiger partial charge in [-0.3, -0.25) is 4.79 Å². The molecule has 2 nitrogen and oxygen atoms in total. The monoisotopic (exact) mass is 305 g/mol. The maximum absolute atomic E-state index is 12.1. The number of likely N-dealkylation sites (N-methyl/N-ethyl adjacent to an activating group) is 1. The highest BCUT2D eigenvalue weighted by Gasteiger charge is 2.46. The summed E-state index contributed by atoms with van der Waals surface area (Å²) in [7, 11) is 1.98. The first-order chi connectivity index (χ1) is 11.1. The fourth-order valence-electron chi connectivity index (χ4n) is 4.60. The molecule has 1 saturated heterocycles. The van der Waals surface area contributed by atoms with Gasteiger partial charge in [-0.1, -0.05) is 55.5 Å². The van der Waals surface area contributed by atoms with E-state index in [1.165, 1.54) is 22.3 Å². The number of amides is 1. The van der Waals surface area contributed by atoms with Gasteiger partial charge in [0, 0.05) is 24.9 Å². The molecule has 0 saturated carbocycles. The van der Waals surface area contributed by atoms with E-state index in [0.29, 0.717) is 18.4 Å². The smallest absolute Gasteiger partial charge is 0.222 e. The summed E-state index contributed by atoms with van der Waals surface area (Å²) in [5.41, 5.74) is 5.59. The Hall–Kier alpha value is -2.09. The quantitative estimate of drug-likeness (QED) is 0.774. The van der Waals surface area contributed by atoms with Crippen molar-refractivity contribution in [2.45, 2.75) is 44.1 Å². The standard InChI is InChI=1S/C21H23NO/c1-21-13-12-20(23)22(2)19(21)11-9-17-14-16(8-10-18(17)21)15-6-4-3-5-7-15/h3-8,10,14,19H,9,11-13H2,1-2H3/t19-,21-/m1/s1. The van der Waals surface area contributed by atoms with E-state index in [9.17, 15) is 4.79 Å². The average Bonchev–Trinajstić information content (AvgIpc) is 2.59. The number of likely N-dealkylation sites (tertiary alicyclic amines) is 1. The summed E-state index contributed by atoms with van der Waals surface area (Å²) < 4.78 is 0. The Bertz CT molecular complexity index is 752. The summed E-state index contributed by atoms with van der Waals surface area (Å²) in [6.07, 6.45) is 3.78. The van der Waals surface area contributed by atoms with Gasteiger partial charge in [-0.2, -0.15) is 0 Å². The number of rotatable bonds is 1. The Morgan fingerprint density at radius 3 is 2.61 bits per heavy atom. The van der Waals surface area contributed by atoms with Crippen LogP contribution in [0.5, 0.6) is 0 Å². The molecule has 2 atom stereocenters. The summed E-state index contributed by atoms with van der Waals surface area (Å²) in [6.45, 7) is 2.35. The van der Waals surface area contributed by atoms with E-state index >= 15 is 0 Å². The molecule has 0 radical (unpaired) electrons. The molecule has 1 aliphatic carbocycles. The number of hydrogen-bond donors (Lipinski definition) is 0. The summed E-state index contributed by atoms with van der Waals surface area (Å²) in [5.74, 6) is 0.303. The number of carbonyl (C=O) groups excluding carboxylic acids is 1. The zero-order valence-corrected chi connectivity index (χ0v) is 13.9. The molecule has 0 bridgehead atoms. The molecule has 4 rings (SSSR count). The highest BCUT2D eigenvalue weighted by Crippen LogP contribution is 2.46. The summed E-state index contributed by atoms with van der Waals surface area (Å²) in [5, 5.41) is 0. The van der Waals surface area contributed by atoms with Crippen molar-refractivity contribution in [3.63, 3.8) is 0 Å². The lowest BCUT2D eigenvalue weighted by Gasteiger charge is -2.50. The molecule has 118 valence electrons. The van der Waals surface area contributed by atoms with Crippen LogP contribution in [-0.4, -0.2) is 23.9 Å². The number of nitrogens with zero attached hydrogens (tertiary/aromatic N) is 1. The van der Waals surface area contributed by atoms with Gasteiger partial charge >= 0.3 is 0 Å². The van der Waals surface area contributed by atoms with Crippen LogP contribution in [-0.2, 0) is 16.6 Å². The number of aryl methyl sites for hydroxylation is 1. The van der Waals surface area contributed by atoms with E-state index < -0.39 is 0 Å². The topological polar surface area (TPSA) is 20.3 Å². The second-order valence-corrected chi connectivity index (χ2v) is 7.21. The van der Waals surface area contributed by atoms with E-state index in [0.717, 1.165) is 19.3 Å². The predicted molar refractivity (Wildman–Crippen MR) is 93.3 cm³/mol. The van der Waals surface area contributed by atoms with Crippen molar-refractivity contribution in [1.29, 1.82) is 0 Å². The average molecular weight is 305 g/mol. The second-order valence-electron chi connectivity index (χ2n) is 7.21. The molecule has 1 aliphatic heterocycles. The van der Waals surface area contributed by atoms with Crippen molar-refractivity contribution in [3.05, 3.63) is 59.7 Å². The molecule has 0 aromatic heterocycles. The number of piperidine rings is 1. The normalized spacial score (nSPS) is 26.6. The molecule has 2 aliphatic rings. The van der Waals surface area contributed by atoms with Crippen LogP contribution in [0.1, 0.15) is 37.3 Å². The molecular formula is C21H23NO. The van der Waals surface area contributed by atoms with Crippen LogP contribution >= 0.6 is 0 Å². The van der Waals surface area contributed by atoms with Crippen LogP contribution in [0.25, 0.3) is 11.1 Å². The van der Waals surface area contributed by atoms with Gasteiger partial charge in [0.15, 0.2) is 0 Å². The third-order valence-electron chi connectivity index (χ3n) is 5.97. The van der Waals surface area contributed by atoms with Gasteiger partial charge in [-0.05, 0) is 41.5 Å². The molecule has 0 unspecified atom stereocenters. The lowest BCUT2D eigenvalue weighted by molar-refractivity contribution is -0.138. The minimum Gasteiger partial charge on any atom is -0.342 e. The van der Waals surface area contributed by atoms with E-state index in [2.05, 4.69) is 55.5 Å². The van der Waals surface area contributed by atoms with Crippen molar-refractivity contribution in [3.8, 4) is 11.1 Å². The van der Waals surface area contributed by atoms with Crippen molar-refractivity contribution in [2.75, 3.05) is 7.05 Å². The summed E-state index contributed by atoms with van der Waals surface area (Å²) >= 11 is 0. The number of benzene rings is 2. The first kappa shape index (κ1) is 14.5. The zero-order chi connectivity index (χ0) is 16.0. The van der Waals surface area contributed by atoms with Crippen LogP contribution < -0.4 is 0 Å². The van der Waals surface area contributed by atoms with Crippen molar-refractivity contribution < 1.29 is 4.79 Å². The molecule has 0 spiro atoms. The summed E-state index contributed by atoms with van der Waals surface area (Å²) in [4.78, 5) is 14.1. The van der Waals surface area contributed by atoms with E-state index in [4.69, 9.17) is 0 Å². The highest BCUT2D eigenvalue weighted by atomic mass is 16.2. The molecule has 1 fully saturated rings. The third-order valence-corrected chi connectivity index (χ3v) is 5.97. The summed E-state index contributed by atoms with van der Waals surface area (Å²) in [6, 6.07) is 17.8. The Kier molecular flexibility index (Phi) is 3.29. The van der Waals surface area contributed by atoms with E-state index in [1.54, 1.807) is 0 Å². The van der Waals surface area contributed by atoms with Crippen molar-refractivity contribution in [2.24, 2.45) is 0 Å². The fraction of sp³-hybridized carbons (Fsp3) is 0.381. The van der Waals surface area contributed by atoms with Crippen LogP contribution in [0.15, 0.2) is 48.5 Å². The Labute approximate surface area is 138 Å². The Morgan fingerprint density at radius 1 is 1.04 bits per heavy atom. The largest absolute Gasteiger partial charge is 0.342 e. The van der Waals surface area contributed by atoms with Crippen LogP contribution in [0.4, 0.5) is 0 Å². The fourth-order valence-corrected chi connectivity index (χ4v) is 4.60. The van der Waals surface area contributed by atoms with Gasteiger partial charge in [0.1, 0.15) is 0 Å². The van der Waals surface area contributed by atoms with Gasteiger partial charge in [-0.25, -0.2) is 0 Å². The molecule has 2 heteroatoms. The zero-order valence-electron chi connectivity index (χ0n) is 13.9. The lowest BCUT2D eigenvalue weighted by atomic mass is 9.63. The van der Waals surface area contributed by atoms with Crippen molar-refractivity contribution >= 4 is 5.91 Å². The van der Waals surface area contributed by atoms with Gasteiger partial charge in [0.05, 0.1) is 0 Å². The first-order valence-electron chi connectivity index (χ1n) is 8.54. The maximum Gasteiger partial charge on any atom is 0.222 e. The van der Waals surface area contributed by atoms with Crippen LogP contribution in [0.3, 0.4) is 0 Å². The maximum atomic E-state index is 12.1. The lowest BCUT2D eigenvalue weighted by Crippen LogP contribution is -2.56. The predicted octanol–water partition coefficient (Wildman–Crippen LogP) is 4.18. The molecule has 1 heterocycles. The number of fused-ring (bicyclic) bond motifs is 3. The Morgan fingerprint density at radius 2 is 1.83 bits per heavy atom. The van der Waals surface area contributed by atoms with Crippen LogP contribution in [0, 0.1) is 0 Å². The van der Waals surface area contributed by atoms with Crippen LogP contribution in [0.2, 0.25) is 0 Å². The first-order valence-corrected chi connectivity index (χ1v) is 8.54. The second kappa shape index (κ2) is 5.23. The number of carbonyl (C=O) groups is 1. The molecule has 2 aromatic rings. The molecule has 2 aromatic carbocycles. The van der Waals surface area contributed by atoms with Gasteiger partial charge in [-0.15, -0.1) is 0 Å². The minimum absolute atomic E-state index is 0.103. The molecule has 1 amide bonds. The van der Waals surface area contributed by atoms with Crippen molar-refractivity contribution in [1.82, 2.24) is 4.90 Å². The van der Waals surface area contributed by atoms with Gasteiger partial charge in [0.2, 0.25) is 5.91 Å². The van der Waals surface area contributed by atoms with Gasteiger partial charge < -0.3 is 4.90 Å².